The largest absolute Gasteiger partial charge is 0.322 e. The molecule has 0 aliphatic rings. The number of hydrogen-bond donors (Lipinski definition) is 2. The molecule has 7 heteroatoms. The number of benzene rings is 2. The summed E-state index contributed by atoms with van der Waals surface area (Å²) in [5, 5.41) is 3.76. The number of rotatable bonds is 7. The molecule has 0 atom stereocenters. The summed E-state index contributed by atoms with van der Waals surface area (Å²) in [5.74, 6) is -0.367. The molecule has 2 amide bonds. The third-order valence-corrected chi connectivity index (χ3v) is 5.17. The van der Waals surface area contributed by atoms with Gasteiger partial charge in [-0.25, -0.2) is 9.18 Å². The molecule has 0 aliphatic carbocycles. The number of halogens is 1. The first kappa shape index (κ1) is 22.5. The Morgan fingerprint density at radius 1 is 1.06 bits per heavy atom. The molecule has 0 bridgehead atoms. The first-order valence-electron chi connectivity index (χ1n) is 10.3. The molecule has 0 saturated carbocycles. The maximum Gasteiger partial charge on any atom is 0.322 e. The normalized spacial score (nSPS) is 11.2. The Bertz CT molecular complexity index is 1120. The maximum atomic E-state index is 13.2. The molecule has 2 N–H and O–H groups in total. The van der Waals surface area contributed by atoms with Crippen LogP contribution in [0.2, 0.25) is 0 Å². The first-order chi connectivity index (χ1) is 14.7. The summed E-state index contributed by atoms with van der Waals surface area (Å²) in [6.07, 6.45) is 0.757. The summed E-state index contributed by atoms with van der Waals surface area (Å²) in [4.78, 5) is 32.3. The quantitative estimate of drug-likeness (QED) is 0.595. The van der Waals surface area contributed by atoms with Crippen LogP contribution in [0.15, 0.2) is 47.3 Å². The third kappa shape index (κ3) is 5.92. The molecule has 6 nitrogen and oxygen atoms in total. The smallest absolute Gasteiger partial charge is 0.322 e. The standard InChI is InChI=1S/C24H29FN4O2/c1-16-12-17(2)21-14-18(23(30)27-22(21)13-16)15-29(11-5-10-28(3)4)24(31)26-20-8-6-19(25)7-9-20/h6-9,12-14H,5,10-11,15H2,1-4H3,(H,26,31)(H,27,30). The molecule has 1 heterocycles. The molecule has 2 aromatic carbocycles. The Kier molecular flexibility index (Phi) is 7.07. The van der Waals surface area contributed by atoms with E-state index < -0.39 is 0 Å². The van der Waals surface area contributed by atoms with Crippen LogP contribution in [0, 0.1) is 19.7 Å². The summed E-state index contributed by atoms with van der Waals surface area (Å²) in [6, 6.07) is 11.2. The van der Waals surface area contributed by atoms with Crippen molar-refractivity contribution in [3.63, 3.8) is 0 Å². The average Bonchev–Trinajstić information content (AvgIpc) is 2.69. The van der Waals surface area contributed by atoms with Crippen LogP contribution in [0.3, 0.4) is 0 Å². The molecule has 31 heavy (non-hydrogen) atoms. The minimum atomic E-state index is -0.367. The SMILES string of the molecule is Cc1cc(C)c2cc(CN(CCCN(C)C)C(=O)Nc3ccc(F)cc3)c(=O)[nH]c2c1. The molecule has 3 aromatic rings. The lowest BCUT2D eigenvalue weighted by molar-refractivity contribution is 0.205. The second kappa shape index (κ2) is 9.75. The van der Waals surface area contributed by atoms with Crippen LogP contribution in [0.5, 0.6) is 0 Å². The van der Waals surface area contributed by atoms with Crippen LogP contribution in [-0.4, -0.2) is 48.0 Å². The van der Waals surface area contributed by atoms with Crippen molar-refractivity contribution < 1.29 is 9.18 Å². The molecule has 3 rings (SSSR count). The van der Waals surface area contributed by atoms with Crippen LogP contribution >= 0.6 is 0 Å². The molecule has 0 saturated heterocycles. The highest BCUT2D eigenvalue weighted by molar-refractivity contribution is 5.89. The Morgan fingerprint density at radius 2 is 1.77 bits per heavy atom. The van der Waals surface area contributed by atoms with Crippen molar-refractivity contribution in [3.05, 3.63) is 75.3 Å². The summed E-state index contributed by atoms with van der Waals surface area (Å²) in [6.45, 7) is 5.47. The van der Waals surface area contributed by atoms with Crippen molar-refractivity contribution in [1.82, 2.24) is 14.8 Å². The van der Waals surface area contributed by atoms with Gasteiger partial charge in [-0.1, -0.05) is 6.07 Å². The number of urea groups is 1. The van der Waals surface area contributed by atoms with Crippen molar-refractivity contribution in [2.75, 3.05) is 32.5 Å². The van der Waals surface area contributed by atoms with Gasteiger partial charge in [-0.15, -0.1) is 0 Å². The van der Waals surface area contributed by atoms with E-state index in [4.69, 9.17) is 0 Å². The van der Waals surface area contributed by atoms with Gasteiger partial charge in [0.1, 0.15) is 5.82 Å². The number of fused-ring (bicyclic) bond motifs is 1. The van der Waals surface area contributed by atoms with Gasteiger partial charge in [-0.05, 0) is 88.4 Å². The molecular formula is C24H29FN4O2. The number of nitrogens with one attached hydrogen (secondary N) is 2. The maximum absolute atomic E-state index is 13.2. The number of aromatic amines is 1. The van der Waals surface area contributed by atoms with Gasteiger partial charge in [0.25, 0.3) is 5.56 Å². The lowest BCUT2D eigenvalue weighted by Gasteiger charge is -2.24. The van der Waals surface area contributed by atoms with Crippen molar-refractivity contribution in [2.24, 2.45) is 0 Å². The van der Waals surface area contributed by atoms with E-state index in [0.29, 0.717) is 17.8 Å². The monoisotopic (exact) mass is 424 g/mol. The third-order valence-electron chi connectivity index (χ3n) is 5.17. The fourth-order valence-electron chi connectivity index (χ4n) is 3.61. The summed E-state index contributed by atoms with van der Waals surface area (Å²) >= 11 is 0. The lowest BCUT2D eigenvalue weighted by Crippen LogP contribution is -2.37. The predicted molar refractivity (Wildman–Crippen MR) is 123 cm³/mol. The topological polar surface area (TPSA) is 68.4 Å². The van der Waals surface area contributed by atoms with E-state index in [-0.39, 0.29) is 24.0 Å². The highest BCUT2D eigenvalue weighted by Gasteiger charge is 2.17. The zero-order valence-electron chi connectivity index (χ0n) is 18.5. The number of aryl methyl sites for hydroxylation is 2. The van der Waals surface area contributed by atoms with Crippen molar-refractivity contribution in [3.8, 4) is 0 Å². The van der Waals surface area contributed by atoms with Gasteiger partial charge in [0.15, 0.2) is 0 Å². The van der Waals surface area contributed by atoms with E-state index in [0.717, 1.165) is 35.0 Å². The number of pyridine rings is 1. The molecule has 0 unspecified atom stereocenters. The van der Waals surface area contributed by atoms with Gasteiger partial charge < -0.3 is 20.1 Å². The van der Waals surface area contributed by atoms with Crippen molar-refractivity contribution in [1.29, 1.82) is 0 Å². The van der Waals surface area contributed by atoms with Crippen LogP contribution in [0.25, 0.3) is 10.9 Å². The van der Waals surface area contributed by atoms with E-state index >= 15 is 0 Å². The van der Waals surface area contributed by atoms with Gasteiger partial charge >= 0.3 is 6.03 Å². The Balaban J connectivity index is 1.86. The lowest BCUT2D eigenvalue weighted by atomic mass is 10.0. The molecule has 164 valence electrons. The van der Waals surface area contributed by atoms with Gasteiger partial charge in [-0.3, -0.25) is 4.79 Å². The highest BCUT2D eigenvalue weighted by Crippen LogP contribution is 2.19. The van der Waals surface area contributed by atoms with E-state index in [1.807, 2.05) is 45.0 Å². The number of H-pyrrole nitrogens is 1. The van der Waals surface area contributed by atoms with E-state index in [9.17, 15) is 14.0 Å². The summed E-state index contributed by atoms with van der Waals surface area (Å²) in [7, 11) is 3.95. The van der Waals surface area contributed by atoms with Gasteiger partial charge in [0.05, 0.1) is 6.54 Å². The minimum absolute atomic E-state index is 0.180. The van der Waals surface area contributed by atoms with Gasteiger partial charge in [0, 0.05) is 28.7 Å². The zero-order valence-corrected chi connectivity index (χ0v) is 18.5. The number of carbonyl (C=O) groups excluding carboxylic acids is 1. The van der Waals surface area contributed by atoms with Crippen LogP contribution < -0.4 is 10.9 Å². The summed E-state index contributed by atoms with van der Waals surface area (Å²) < 4.78 is 13.2. The first-order valence-corrected chi connectivity index (χ1v) is 10.3. The van der Waals surface area contributed by atoms with Crippen LogP contribution in [0.1, 0.15) is 23.1 Å². The molecular weight excluding hydrogens is 395 g/mol. The molecule has 0 aliphatic heterocycles. The number of nitrogens with zero attached hydrogens (tertiary/aromatic N) is 2. The van der Waals surface area contributed by atoms with E-state index in [1.165, 1.54) is 24.3 Å². The number of hydrogen-bond acceptors (Lipinski definition) is 3. The van der Waals surface area contributed by atoms with E-state index in [2.05, 4.69) is 16.4 Å². The number of amides is 2. The van der Waals surface area contributed by atoms with Gasteiger partial charge in [0.2, 0.25) is 0 Å². The van der Waals surface area contributed by atoms with Crippen LogP contribution in [0.4, 0.5) is 14.9 Å². The molecule has 0 spiro atoms. The van der Waals surface area contributed by atoms with Crippen LogP contribution in [-0.2, 0) is 6.54 Å². The van der Waals surface area contributed by atoms with Crippen molar-refractivity contribution >= 4 is 22.6 Å². The van der Waals surface area contributed by atoms with Crippen molar-refractivity contribution in [2.45, 2.75) is 26.8 Å². The second-order valence-electron chi connectivity index (χ2n) is 8.18. The second-order valence-corrected chi connectivity index (χ2v) is 8.18. The zero-order chi connectivity index (χ0) is 22.5. The molecule has 0 fully saturated rings. The molecule has 1 aromatic heterocycles. The summed E-state index contributed by atoms with van der Waals surface area (Å²) in [5.41, 5.74) is 3.77. The fourth-order valence-corrected chi connectivity index (χ4v) is 3.61. The molecule has 0 radical (unpaired) electrons. The predicted octanol–water partition coefficient (Wildman–Crippen LogP) is 4.27. The van der Waals surface area contributed by atoms with Gasteiger partial charge in [-0.2, -0.15) is 0 Å². The number of carbonyl (C=O) groups is 1. The Hall–Kier alpha value is -3.19. The fraction of sp³-hybridized carbons (Fsp3) is 0.333. The Labute approximate surface area is 181 Å². The number of aromatic nitrogens is 1. The van der Waals surface area contributed by atoms with E-state index in [1.54, 1.807) is 4.90 Å². The minimum Gasteiger partial charge on any atom is -0.322 e. The Morgan fingerprint density at radius 3 is 2.45 bits per heavy atom. The number of anilines is 1. The average molecular weight is 425 g/mol. The highest BCUT2D eigenvalue weighted by atomic mass is 19.1.